The summed E-state index contributed by atoms with van der Waals surface area (Å²) in [6.07, 6.45) is 11.1. The molecular weight excluding hydrogens is 288 g/mol. The van der Waals surface area contributed by atoms with Crippen molar-refractivity contribution in [2.45, 2.75) is 57.7 Å². The average Bonchev–Trinajstić information content (AvgIpc) is 3.21. The lowest BCUT2D eigenvalue weighted by Gasteiger charge is -2.58. The van der Waals surface area contributed by atoms with Crippen LogP contribution in [0.2, 0.25) is 0 Å². The van der Waals surface area contributed by atoms with Gasteiger partial charge in [0.25, 0.3) is 0 Å². The summed E-state index contributed by atoms with van der Waals surface area (Å²) < 4.78 is 5.96. The van der Waals surface area contributed by atoms with Crippen molar-refractivity contribution in [1.29, 1.82) is 0 Å². The number of ether oxygens (including phenoxy) is 1. The van der Waals surface area contributed by atoms with Crippen LogP contribution < -0.4 is 0 Å². The molecule has 3 nitrogen and oxygen atoms in total. The van der Waals surface area contributed by atoms with Crippen molar-refractivity contribution in [3.63, 3.8) is 0 Å². The minimum atomic E-state index is -0.178. The predicted octanol–water partition coefficient (Wildman–Crippen LogP) is 3.03. The molecule has 5 rings (SSSR count). The Balaban J connectivity index is 1.60. The van der Waals surface area contributed by atoms with E-state index in [1.165, 1.54) is 5.57 Å². The molecule has 124 valence electrons. The van der Waals surface area contributed by atoms with Gasteiger partial charge in [0.2, 0.25) is 0 Å². The Morgan fingerprint density at radius 2 is 2.00 bits per heavy atom. The highest BCUT2D eigenvalue weighted by Gasteiger charge is 2.66. The molecule has 0 aromatic heterocycles. The van der Waals surface area contributed by atoms with Crippen molar-refractivity contribution in [2.75, 3.05) is 6.61 Å². The van der Waals surface area contributed by atoms with E-state index in [2.05, 4.69) is 19.9 Å². The van der Waals surface area contributed by atoms with Crippen molar-refractivity contribution in [2.24, 2.45) is 28.6 Å². The van der Waals surface area contributed by atoms with E-state index in [0.29, 0.717) is 17.8 Å². The summed E-state index contributed by atoms with van der Waals surface area (Å²) in [4.78, 5) is 12.0. The number of carbonyl (C=O) groups excluding carboxylic acids is 1. The van der Waals surface area contributed by atoms with Crippen LogP contribution in [0.15, 0.2) is 23.8 Å². The lowest BCUT2D eigenvalue weighted by molar-refractivity contribution is -0.111. The number of carbonyl (C=O) groups is 1. The van der Waals surface area contributed by atoms with E-state index in [-0.39, 0.29) is 28.3 Å². The van der Waals surface area contributed by atoms with Crippen molar-refractivity contribution < 1.29 is 14.6 Å². The highest BCUT2D eigenvalue weighted by Crippen LogP contribution is 2.68. The van der Waals surface area contributed by atoms with Crippen molar-refractivity contribution in [3.8, 4) is 0 Å². The van der Waals surface area contributed by atoms with Crippen LogP contribution in [-0.2, 0) is 9.53 Å². The molecule has 0 aromatic rings. The molecule has 1 saturated heterocycles. The lowest BCUT2D eigenvalue weighted by Crippen LogP contribution is -2.54. The van der Waals surface area contributed by atoms with Crippen molar-refractivity contribution >= 4 is 5.78 Å². The summed E-state index contributed by atoms with van der Waals surface area (Å²) in [5.41, 5.74) is 1.11. The summed E-state index contributed by atoms with van der Waals surface area (Å²) in [6, 6.07) is 0. The zero-order valence-electron chi connectivity index (χ0n) is 14.0. The van der Waals surface area contributed by atoms with Crippen LogP contribution in [0.5, 0.6) is 0 Å². The van der Waals surface area contributed by atoms with E-state index in [9.17, 15) is 9.90 Å². The van der Waals surface area contributed by atoms with E-state index >= 15 is 0 Å². The number of rotatable bonds is 0. The van der Waals surface area contributed by atoms with Gasteiger partial charge in [-0.3, -0.25) is 4.79 Å². The number of epoxide rings is 1. The first kappa shape index (κ1) is 14.4. The van der Waals surface area contributed by atoms with Gasteiger partial charge in [0.15, 0.2) is 5.78 Å². The van der Waals surface area contributed by atoms with Gasteiger partial charge in [-0.25, -0.2) is 0 Å². The first-order valence-electron chi connectivity index (χ1n) is 9.17. The maximum absolute atomic E-state index is 12.0. The minimum absolute atomic E-state index is 0.0395. The first-order valence-corrected chi connectivity index (χ1v) is 9.17. The fraction of sp³-hybridized carbons (Fsp3) is 0.750. The van der Waals surface area contributed by atoms with Crippen LogP contribution in [0.3, 0.4) is 0 Å². The zero-order valence-corrected chi connectivity index (χ0v) is 14.0. The second-order valence-electron chi connectivity index (χ2n) is 9.08. The molecule has 3 saturated carbocycles. The van der Waals surface area contributed by atoms with E-state index < -0.39 is 0 Å². The Bertz CT molecular complexity index is 643. The van der Waals surface area contributed by atoms with Gasteiger partial charge in [-0.1, -0.05) is 19.9 Å². The second kappa shape index (κ2) is 4.18. The molecule has 7 atom stereocenters. The molecule has 0 unspecified atom stereocenters. The summed E-state index contributed by atoms with van der Waals surface area (Å²) in [7, 11) is 0. The smallest absolute Gasteiger partial charge is 0.178 e. The van der Waals surface area contributed by atoms with Gasteiger partial charge in [0.1, 0.15) is 5.60 Å². The number of aliphatic hydroxyl groups excluding tert-OH is 1. The fourth-order valence-electron chi connectivity index (χ4n) is 6.78. The number of hydrogen-bond acceptors (Lipinski definition) is 3. The Labute approximate surface area is 137 Å². The minimum Gasteiger partial charge on any atom is -0.393 e. The van der Waals surface area contributed by atoms with Gasteiger partial charge < -0.3 is 9.84 Å². The molecule has 4 aliphatic carbocycles. The molecule has 3 heteroatoms. The number of aliphatic hydroxyl groups is 1. The maximum Gasteiger partial charge on any atom is 0.178 e. The number of fused-ring (bicyclic) bond motifs is 6. The lowest BCUT2D eigenvalue weighted by atomic mass is 9.46. The fourth-order valence-corrected chi connectivity index (χ4v) is 6.78. The van der Waals surface area contributed by atoms with Crippen molar-refractivity contribution in [3.05, 3.63) is 23.8 Å². The molecule has 1 heterocycles. The van der Waals surface area contributed by atoms with Gasteiger partial charge in [-0.2, -0.15) is 0 Å². The van der Waals surface area contributed by atoms with Crippen LogP contribution in [0.1, 0.15) is 46.0 Å². The van der Waals surface area contributed by atoms with Gasteiger partial charge >= 0.3 is 0 Å². The Kier molecular flexibility index (Phi) is 2.62. The first-order chi connectivity index (χ1) is 10.9. The van der Waals surface area contributed by atoms with E-state index in [1.807, 2.05) is 6.08 Å². The topological polar surface area (TPSA) is 49.8 Å². The molecule has 0 amide bonds. The van der Waals surface area contributed by atoms with Crippen LogP contribution in [-0.4, -0.2) is 29.2 Å². The standard InChI is InChI=1S/C20H26O3/c1-18-7-5-12(21)9-16(18)20(11-23-20)10-13-14-3-4-17(22)19(14,2)8-6-15(13)18/h5,7,9,13-15,17,22H,3-4,6,8,10-11H2,1-2H3/t13-,14-,15-,17-,18+,19-,20-/m0/s1. The number of ketones is 1. The largest absolute Gasteiger partial charge is 0.393 e. The summed E-state index contributed by atoms with van der Waals surface area (Å²) in [5.74, 6) is 1.90. The van der Waals surface area contributed by atoms with Gasteiger partial charge in [-0.05, 0) is 73.0 Å². The van der Waals surface area contributed by atoms with Crippen LogP contribution >= 0.6 is 0 Å². The third-order valence-corrected chi connectivity index (χ3v) is 8.17. The third-order valence-electron chi connectivity index (χ3n) is 8.17. The van der Waals surface area contributed by atoms with Gasteiger partial charge in [0, 0.05) is 5.41 Å². The Morgan fingerprint density at radius 3 is 2.74 bits per heavy atom. The monoisotopic (exact) mass is 314 g/mol. The van der Waals surface area contributed by atoms with E-state index in [4.69, 9.17) is 4.74 Å². The van der Waals surface area contributed by atoms with Gasteiger partial charge in [-0.15, -0.1) is 0 Å². The molecular formula is C20H26O3. The Hall–Kier alpha value is -0.930. The third kappa shape index (κ3) is 1.65. The van der Waals surface area contributed by atoms with E-state index in [0.717, 1.165) is 38.7 Å². The normalized spacial score (nSPS) is 56.8. The second-order valence-corrected chi connectivity index (χ2v) is 9.08. The number of hydrogen-bond donors (Lipinski definition) is 1. The molecule has 1 aliphatic heterocycles. The zero-order chi connectivity index (χ0) is 16.0. The molecule has 0 aromatic carbocycles. The van der Waals surface area contributed by atoms with Crippen LogP contribution in [0.4, 0.5) is 0 Å². The van der Waals surface area contributed by atoms with Crippen molar-refractivity contribution in [1.82, 2.24) is 0 Å². The van der Waals surface area contributed by atoms with Gasteiger partial charge in [0.05, 0.1) is 12.7 Å². The van der Waals surface area contributed by atoms with Crippen LogP contribution in [0.25, 0.3) is 0 Å². The molecule has 23 heavy (non-hydrogen) atoms. The quantitative estimate of drug-likeness (QED) is 0.699. The molecule has 5 aliphatic rings. The Morgan fingerprint density at radius 1 is 1.22 bits per heavy atom. The highest BCUT2D eigenvalue weighted by molar-refractivity contribution is 6.01. The molecule has 0 bridgehead atoms. The average molecular weight is 314 g/mol. The molecule has 0 radical (unpaired) electrons. The number of allylic oxidation sites excluding steroid dienone is 3. The molecule has 4 fully saturated rings. The predicted molar refractivity (Wildman–Crippen MR) is 86.7 cm³/mol. The van der Waals surface area contributed by atoms with Crippen LogP contribution in [0, 0.1) is 28.6 Å². The summed E-state index contributed by atoms with van der Waals surface area (Å²) in [5, 5.41) is 10.5. The van der Waals surface area contributed by atoms with E-state index in [1.54, 1.807) is 6.08 Å². The summed E-state index contributed by atoms with van der Waals surface area (Å²) >= 11 is 0. The molecule has 1 spiro atoms. The highest BCUT2D eigenvalue weighted by atomic mass is 16.6. The SMILES string of the molecule is C[C@]12CC[C@H]3[C@@H](C[C@]4(CO4)C4=CC(=O)C=C[C@@]43C)[C@@H]1CC[C@@H]2O. The molecule has 1 N–H and O–H groups in total. The maximum atomic E-state index is 12.0. The summed E-state index contributed by atoms with van der Waals surface area (Å²) in [6.45, 7) is 5.39.